The SMILES string of the molecule is O=C(NS(=O)(=O)c1ccc(NCCSc2ccccc2)c([N+](=O)[O-])c1)c1ccc(N2CCN(Cc3ccccc3-c3cncc(O)c3)CC2)nn1. The lowest BCUT2D eigenvalue weighted by Gasteiger charge is -2.35. The molecule has 0 bridgehead atoms. The molecule has 0 spiro atoms. The van der Waals surface area contributed by atoms with Crippen molar-refractivity contribution in [2.24, 2.45) is 0 Å². The van der Waals surface area contributed by atoms with Crippen LogP contribution in [-0.4, -0.2) is 82.9 Å². The van der Waals surface area contributed by atoms with Gasteiger partial charge in [0.2, 0.25) is 0 Å². The molecule has 51 heavy (non-hydrogen) atoms. The zero-order chi connectivity index (χ0) is 35.8. The van der Waals surface area contributed by atoms with E-state index in [0.29, 0.717) is 37.7 Å². The Morgan fingerprint density at radius 3 is 2.41 bits per heavy atom. The van der Waals surface area contributed by atoms with Crippen LogP contribution in [0.1, 0.15) is 16.1 Å². The number of nitrogens with zero attached hydrogens (tertiary/aromatic N) is 6. The molecule has 0 radical (unpaired) electrons. The maximum absolute atomic E-state index is 13.1. The van der Waals surface area contributed by atoms with Crippen LogP contribution in [0.15, 0.2) is 113 Å². The molecule has 3 heterocycles. The number of anilines is 2. The summed E-state index contributed by atoms with van der Waals surface area (Å²) in [6, 6.07) is 25.8. The van der Waals surface area contributed by atoms with Crippen molar-refractivity contribution >= 4 is 44.9 Å². The number of carbonyl (C=O) groups is 1. The number of aromatic nitrogens is 3. The van der Waals surface area contributed by atoms with E-state index in [-0.39, 0.29) is 17.1 Å². The van der Waals surface area contributed by atoms with Crippen LogP contribution in [0.3, 0.4) is 0 Å². The highest BCUT2D eigenvalue weighted by atomic mass is 32.2. The number of nitro groups is 1. The molecule has 0 atom stereocenters. The normalized spacial score (nSPS) is 13.5. The first-order valence-corrected chi connectivity index (χ1v) is 18.4. The van der Waals surface area contributed by atoms with Crippen LogP contribution in [0.5, 0.6) is 5.75 Å². The highest BCUT2D eigenvalue weighted by Crippen LogP contribution is 2.29. The Morgan fingerprint density at radius 1 is 0.922 bits per heavy atom. The van der Waals surface area contributed by atoms with Gasteiger partial charge in [-0.25, -0.2) is 13.1 Å². The van der Waals surface area contributed by atoms with Crippen LogP contribution in [0.2, 0.25) is 0 Å². The van der Waals surface area contributed by atoms with E-state index in [2.05, 4.69) is 31.5 Å². The van der Waals surface area contributed by atoms with Gasteiger partial charge in [0.05, 0.1) is 16.0 Å². The fourth-order valence-electron chi connectivity index (χ4n) is 5.59. The lowest BCUT2D eigenvalue weighted by atomic mass is 10.0. The van der Waals surface area contributed by atoms with E-state index >= 15 is 0 Å². The molecular formula is C35H34N8O6S2. The van der Waals surface area contributed by atoms with E-state index in [0.717, 1.165) is 40.7 Å². The van der Waals surface area contributed by atoms with Crippen LogP contribution in [0, 0.1) is 10.1 Å². The monoisotopic (exact) mass is 726 g/mol. The smallest absolute Gasteiger partial charge is 0.293 e. The van der Waals surface area contributed by atoms with E-state index in [1.54, 1.807) is 30.1 Å². The van der Waals surface area contributed by atoms with E-state index in [1.165, 1.54) is 24.4 Å². The van der Waals surface area contributed by atoms with Gasteiger partial charge in [0.25, 0.3) is 21.6 Å². The molecule has 1 aliphatic rings. The maximum atomic E-state index is 13.1. The maximum Gasteiger partial charge on any atom is 0.293 e. The van der Waals surface area contributed by atoms with Gasteiger partial charge in [0, 0.05) is 67.7 Å². The number of hydrogen-bond acceptors (Lipinski definition) is 13. The molecular weight excluding hydrogens is 693 g/mol. The summed E-state index contributed by atoms with van der Waals surface area (Å²) in [5, 5.41) is 32.8. The number of thioether (sulfide) groups is 1. The Kier molecular flexibility index (Phi) is 11.0. The topological polar surface area (TPSA) is 184 Å². The highest BCUT2D eigenvalue weighted by Gasteiger charge is 2.25. The average Bonchev–Trinajstić information content (AvgIpc) is 3.14. The molecule has 262 valence electrons. The first-order valence-electron chi connectivity index (χ1n) is 16.0. The van der Waals surface area contributed by atoms with Gasteiger partial charge in [-0.05, 0) is 53.6 Å². The summed E-state index contributed by atoms with van der Waals surface area (Å²) in [6.07, 6.45) is 3.13. The number of benzene rings is 3. The predicted octanol–water partition coefficient (Wildman–Crippen LogP) is 4.80. The van der Waals surface area contributed by atoms with Crippen molar-refractivity contribution in [1.82, 2.24) is 24.8 Å². The molecule has 0 saturated carbocycles. The predicted molar refractivity (Wildman–Crippen MR) is 194 cm³/mol. The number of nitro benzene ring substituents is 1. The average molecular weight is 727 g/mol. The number of hydrogen-bond donors (Lipinski definition) is 3. The zero-order valence-corrected chi connectivity index (χ0v) is 28.9. The lowest BCUT2D eigenvalue weighted by molar-refractivity contribution is -0.384. The van der Waals surface area contributed by atoms with E-state index in [1.807, 2.05) is 58.2 Å². The summed E-state index contributed by atoms with van der Waals surface area (Å²) in [7, 11) is -4.46. The van der Waals surface area contributed by atoms with Crippen molar-refractivity contribution in [1.29, 1.82) is 0 Å². The number of sulfonamides is 1. The van der Waals surface area contributed by atoms with Crippen LogP contribution in [0.4, 0.5) is 17.2 Å². The molecule has 6 rings (SSSR count). The molecule has 14 nitrogen and oxygen atoms in total. The highest BCUT2D eigenvalue weighted by molar-refractivity contribution is 7.99. The number of nitrogens with one attached hydrogen (secondary N) is 2. The molecule has 2 aromatic heterocycles. The van der Waals surface area contributed by atoms with Gasteiger partial charge in [0.1, 0.15) is 11.4 Å². The van der Waals surface area contributed by atoms with Gasteiger partial charge in [-0.2, -0.15) is 0 Å². The summed E-state index contributed by atoms with van der Waals surface area (Å²) < 4.78 is 28.1. The lowest BCUT2D eigenvalue weighted by Crippen LogP contribution is -2.46. The zero-order valence-electron chi connectivity index (χ0n) is 27.3. The summed E-state index contributed by atoms with van der Waals surface area (Å²) >= 11 is 1.58. The van der Waals surface area contributed by atoms with Crippen LogP contribution in [-0.2, 0) is 16.6 Å². The quantitative estimate of drug-likeness (QED) is 0.0652. The molecule has 5 aromatic rings. The van der Waals surface area contributed by atoms with Crippen LogP contribution < -0.4 is 14.9 Å². The van der Waals surface area contributed by atoms with Gasteiger partial charge in [-0.1, -0.05) is 42.5 Å². The molecule has 1 aliphatic heterocycles. The number of piperazine rings is 1. The molecule has 0 unspecified atom stereocenters. The summed E-state index contributed by atoms with van der Waals surface area (Å²) in [5.41, 5.74) is 2.46. The molecule has 1 amide bonds. The van der Waals surface area contributed by atoms with Crippen molar-refractivity contribution in [2.45, 2.75) is 16.3 Å². The number of amides is 1. The molecule has 3 N–H and O–H groups in total. The Hall–Kier alpha value is -5.58. The third-order valence-corrected chi connectivity index (χ3v) is 10.5. The molecule has 3 aromatic carbocycles. The molecule has 1 fully saturated rings. The minimum atomic E-state index is -4.46. The summed E-state index contributed by atoms with van der Waals surface area (Å²) in [5.74, 6) is 0.267. The van der Waals surface area contributed by atoms with Crippen molar-refractivity contribution in [2.75, 3.05) is 48.7 Å². The van der Waals surface area contributed by atoms with Gasteiger partial charge in [-0.15, -0.1) is 22.0 Å². The molecule has 16 heteroatoms. The van der Waals surface area contributed by atoms with Gasteiger partial charge in [-0.3, -0.25) is 24.8 Å². The van der Waals surface area contributed by atoms with Crippen molar-refractivity contribution < 1.29 is 23.2 Å². The largest absolute Gasteiger partial charge is 0.506 e. The number of aromatic hydroxyl groups is 1. The van der Waals surface area contributed by atoms with Gasteiger partial charge in [0.15, 0.2) is 11.5 Å². The molecule has 0 aliphatic carbocycles. The summed E-state index contributed by atoms with van der Waals surface area (Å²) in [4.78, 5) is 33.1. The van der Waals surface area contributed by atoms with E-state index < -0.39 is 31.4 Å². The van der Waals surface area contributed by atoms with Crippen molar-refractivity contribution in [3.8, 4) is 16.9 Å². The molecule has 1 saturated heterocycles. The van der Waals surface area contributed by atoms with Crippen LogP contribution >= 0.6 is 11.8 Å². The van der Waals surface area contributed by atoms with Crippen molar-refractivity contribution in [3.05, 3.63) is 125 Å². The Balaban J connectivity index is 1.03. The van der Waals surface area contributed by atoms with Gasteiger partial charge >= 0.3 is 0 Å². The Morgan fingerprint density at radius 2 is 1.69 bits per heavy atom. The van der Waals surface area contributed by atoms with Gasteiger partial charge < -0.3 is 15.3 Å². The Labute approximate surface area is 298 Å². The van der Waals surface area contributed by atoms with Crippen LogP contribution in [0.25, 0.3) is 11.1 Å². The third-order valence-electron chi connectivity index (χ3n) is 8.16. The fourth-order valence-corrected chi connectivity index (χ4v) is 7.36. The standard InChI is InChI=1S/C35H34N8O6S2/c44-27-20-26(22-36-23-27)30-9-5-4-6-25(30)24-41-15-17-42(18-16-41)34-13-12-32(38-39-34)35(45)40-51(48,49)29-10-11-31(33(21-29)43(46)47)37-14-19-50-28-7-2-1-3-8-28/h1-13,20-23,37,44H,14-19,24H2,(H,40,45). The number of rotatable bonds is 13. The van der Waals surface area contributed by atoms with E-state index in [4.69, 9.17) is 0 Å². The fraction of sp³-hybridized carbons (Fsp3) is 0.200. The minimum absolute atomic E-state index is 0.108. The number of carbonyl (C=O) groups excluding carboxylic acids is 1. The second-order valence-electron chi connectivity index (χ2n) is 11.6. The summed E-state index contributed by atoms with van der Waals surface area (Å²) in [6.45, 7) is 3.89. The second kappa shape index (κ2) is 16.0. The first kappa shape index (κ1) is 35.3. The Bertz CT molecular complexity index is 2110. The first-order chi connectivity index (χ1) is 24.7. The number of pyridine rings is 1. The minimum Gasteiger partial charge on any atom is -0.506 e. The second-order valence-corrected chi connectivity index (χ2v) is 14.4. The van der Waals surface area contributed by atoms with Crippen molar-refractivity contribution in [3.63, 3.8) is 0 Å². The third kappa shape index (κ3) is 8.97. The van der Waals surface area contributed by atoms with E-state index in [9.17, 15) is 28.4 Å².